The first-order chi connectivity index (χ1) is 16.5. The lowest BCUT2D eigenvalue weighted by Gasteiger charge is -2.45. The van der Waals surface area contributed by atoms with Gasteiger partial charge in [0.15, 0.2) is 5.78 Å². The Morgan fingerprint density at radius 3 is 2.65 bits per heavy atom. The molecule has 2 aromatic heterocycles. The molecule has 2 aliphatic rings. The number of rotatable bonds is 2. The first-order valence-corrected chi connectivity index (χ1v) is 11.7. The average molecular weight is 445 g/mol. The van der Waals surface area contributed by atoms with Crippen LogP contribution < -0.4 is 0 Å². The number of pyridine rings is 1. The molecule has 2 heterocycles. The number of ketones is 1. The fourth-order valence-corrected chi connectivity index (χ4v) is 6.11. The molecule has 0 aliphatic heterocycles. The fourth-order valence-electron chi connectivity index (χ4n) is 6.11. The number of carbonyl (C=O) groups excluding carboxylic acids is 1. The molecule has 6 rings (SSSR count). The Bertz CT molecular complexity index is 1520. The average Bonchev–Trinajstić information content (AvgIpc) is 3.27. The SMILES string of the molecule is C[C@H]1C(=O)C(C#N)=C[C@@]2(C)c3c(c(-c4ccccc4)nn3-c3ccnc4ccccc34)CC[C@H]12. The topological polar surface area (TPSA) is 71.6 Å². The fraction of sp³-hybridized carbons (Fsp3) is 0.241. The first-order valence-electron chi connectivity index (χ1n) is 11.7. The summed E-state index contributed by atoms with van der Waals surface area (Å²) in [5, 5.41) is 16.0. The van der Waals surface area contributed by atoms with Crippen LogP contribution in [-0.2, 0) is 16.6 Å². The minimum absolute atomic E-state index is 0.0443. The number of nitriles is 1. The number of carbonyl (C=O) groups is 1. The molecule has 0 N–H and O–H groups in total. The Morgan fingerprint density at radius 1 is 1.09 bits per heavy atom. The molecule has 3 atom stereocenters. The summed E-state index contributed by atoms with van der Waals surface area (Å²) in [5.74, 6) is -0.149. The zero-order valence-corrected chi connectivity index (χ0v) is 19.2. The van der Waals surface area contributed by atoms with Gasteiger partial charge in [-0.05, 0) is 30.9 Å². The summed E-state index contributed by atoms with van der Waals surface area (Å²) < 4.78 is 2.06. The number of hydrogen-bond donors (Lipinski definition) is 0. The lowest BCUT2D eigenvalue weighted by atomic mass is 9.57. The number of nitrogens with zero attached hydrogens (tertiary/aromatic N) is 4. The van der Waals surface area contributed by atoms with E-state index in [1.54, 1.807) is 0 Å². The number of aromatic nitrogens is 3. The number of hydrogen-bond acceptors (Lipinski definition) is 4. The highest BCUT2D eigenvalue weighted by Gasteiger charge is 2.50. The van der Waals surface area contributed by atoms with E-state index in [-0.39, 0.29) is 23.2 Å². The quantitative estimate of drug-likeness (QED) is 0.405. The van der Waals surface area contributed by atoms with Crippen LogP contribution in [0.1, 0.15) is 31.5 Å². The highest BCUT2D eigenvalue weighted by atomic mass is 16.1. The molecule has 166 valence electrons. The molecule has 5 nitrogen and oxygen atoms in total. The van der Waals surface area contributed by atoms with E-state index >= 15 is 0 Å². The molecule has 5 heteroatoms. The van der Waals surface area contributed by atoms with Crippen molar-refractivity contribution in [2.45, 2.75) is 32.1 Å². The van der Waals surface area contributed by atoms with Crippen LogP contribution in [0, 0.1) is 23.2 Å². The molecule has 0 saturated carbocycles. The molecule has 2 aromatic carbocycles. The minimum Gasteiger partial charge on any atom is -0.293 e. The third-order valence-electron chi connectivity index (χ3n) is 7.72. The van der Waals surface area contributed by atoms with Gasteiger partial charge in [0.05, 0.1) is 28.2 Å². The highest BCUT2D eigenvalue weighted by Crippen LogP contribution is 2.52. The van der Waals surface area contributed by atoms with Gasteiger partial charge in [0.2, 0.25) is 0 Å². The van der Waals surface area contributed by atoms with E-state index in [1.807, 2.05) is 61.7 Å². The molecule has 0 radical (unpaired) electrons. The van der Waals surface area contributed by atoms with E-state index < -0.39 is 5.41 Å². The van der Waals surface area contributed by atoms with E-state index in [2.05, 4.69) is 40.9 Å². The lowest BCUT2D eigenvalue weighted by Crippen LogP contribution is -2.46. The van der Waals surface area contributed by atoms with Gasteiger partial charge in [-0.2, -0.15) is 10.4 Å². The lowest BCUT2D eigenvalue weighted by molar-refractivity contribution is -0.121. The molecule has 0 bridgehead atoms. The van der Waals surface area contributed by atoms with Crippen molar-refractivity contribution in [2.24, 2.45) is 11.8 Å². The second kappa shape index (κ2) is 7.50. The van der Waals surface area contributed by atoms with E-state index in [9.17, 15) is 10.1 Å². The summed E-state index contributed by atoms with van der Waals surface area (Å²) in [6, 6.07) is 22.5. The Balaban J connectivity index is 1.71. The van der Waals surface area contributed by atoms with Gasteiger partial charge in [-0.15, -0.1) is 0 Å². The number of para-hydroxylation sites is 1. The van der Waals surface area contributed by atoms with Crippen molar-refractivity contribution in [1.82, 2.24) is 14.8 Å². The van der Waals surface area contributed by atoms with Crippen LogP contribution in [0.5, 0.6) is 0 Å². The van der Waals surface area contributed by atoms with E-state index in [0.29, 0.717) is 0 Å². The number of fused-ring (bicyclic) bond motifs is 4. The Morgan fingerprint density at radius 2 is 1.85 bits per heavy atom. The van der Waals surface area contributed by atoms with Gasteiger partial charge in [0.25, 0.3) is 0 Å². The summed E-state index contributed by atoms with van der Waals surface area (Å²) in [6.07, 6.45) is 5.46. The summed E-state index contributed by atoms with van der Waals surface area (Å²) >= 11 is 0. The number of allylic oxidation sites excluding steroid dienone is 2. The van der Waals surface area contributed by atoms with Crippen LogP contribution in [0.4, 0.5) is 0 Å². The molecule has 0 saturated heterocycles. The molecule has 0 spiro atoms. The van der Waals surface area contributed by atoms with Crippen LogP contribution in [0.3, 0.4) is 0 Å². The van der Waals surface area contributed by atoms with Crippen molar-refractivity contribution in [3.8, 4) is 23.0 Å². The van der Waals surface area contributed by atoms with Crippen molar-refractivity contribution in [3.63, 3.8) is 0 Å². The maximum absolute atomic E-state index is 12.9. The standard InChI is InChI=1S/C29H24N4O/c1-18-23-13-12-22-26(19-8-4-3-5-9-19)32-33(25-14-15-31-24-11-7-6-10-21(24)25)28(22)29(23,2)16-20(17-30)27(18)34/h3-11,14-16,18,23H,12-13H2,1-2H3/t18-,23-,29-/m1/s1. The molecule has 0 unspecified atom stereocenters. The third kappa shape index (κ3) is 2.82. The van der Waals surface area contributed by atoms with Crippen LogP contribution in [0.2, 0.25) is 0 Å². The molecular weight excluding hydrogens is 420 g/mol. The van der Waals surface area contributed by atoms with Crippen LogP contribution in [0.15, 0.2) is 78.5 Å². The van der Waals surface area contributed by atoms with Crippen LogP contribution in [0.25, 0.3) is 27.8 Å². The zero-order valence-electron chi connectivity index (χ0n) is 19.2. The molecular formula is C29H24N4O. The van der Waals surface area contributed by atoms with Crippen molar-refractivity contribution < 1.29 is 4.79 Å². The Hall–Kier alpha value is -4.04. The van der Waals surface area contributed by atoms with E-state index in [1.165, 1.54) is 5.56 Å². The predicted octanol–water partition coefficient (Wildman–Crippen LogP) is 5.58. The summed E-state index contributed by atoms with van der Waals surface area (Å²) in [5.41, 5.74) is 5.94. The van der Waals surface area contributed by atoms with Crippen LogP contribution >= 0.6 is 0 Å². The second-order valence-electron chi connectivity index (χ2n) is 9.55. The summed E-state index contributed by atoms with van der Waals surface area (Å²) in [4.78, 5) is 17.5. The van der Waals surface area contributed by atoms with Gasteiger partial charge in [-0.3, -0.25) is 9.78 Å². The molecule has 34 heavy (non-hydrogen) atoms. The van der Waals surface area contributed by atoms with Gasteiger partial charge in [0, 0.05) is 34.0 Å². The largest absolute Gasteiger partial charge is 0.293 e. The van der Waals surface area contributed by atoms with E-state index in [4.69, 9.17) is 5.10 Å². The van der Waals surface area contributed by atoms with Gasteiger partial charge in [0.1, 0.15) is 6.07 Å². The molecule has 0 fully saturated rings. The second-order valence-corrected chi connectivity index (χ2v) is 9.55. The van der Waals surface area contributed by atoms with Gasteiger partial charge >= 0.3 is 0 Å². The Labute approximate surface area is 198 Å². The maximum Gasteiger partial charge on any atom is 0.176 e. The number of benzene rings is 2. The van der Waals surface area contributed by atoms with Gasteiger partial charge in [-0.25, -0.2) is 4.68 Å². The van der Waals surface area contributed by atoms with Gasteiger partial charge in [-0.1, -0.05) is 68.5 Å². The smallest absolute Gasteiger partial charge is 0.176 e. The monoisotopic (exact) mass is 444 g/mol. The predicted molar refractivity (Wildman–Crippen MR) is 131 cm³/mol. The van der Waals surface area contributed by atoms with Crippen LogP contribution in [-0.4, -0.2) is 20.5 Å². The van der Waals surface area contributed by atoms with Crippen molar-refractivity contribution >= 4 is 16.7 Å². The summed E-state index contributed by atoms with van der Waals surface area (Å²) in [7, 11) is 0. The van der Waals surface area contributed by atoms with Crippen molar-refractivity contribution in [3.05, 3.63) is 89.8 Å². The van der Waals surface area contributed by atoms with E-state index in [0.717, 1.165) is 46.4 Å². The van der Waals surface area contributed by atoms with Crippen molar-refractivity contribution in [2.75, 3.05) is 0 Å². The first kappa shape index (κ1) is 20.6. The van der Waals surface area contributed by atoms with Crippen molar-refractivity contribution in [1.29, 1.82) is 5.26 Å². The third-order valence-corrected chi connectivity index (χ3v) is 7.72. The molecule has 2 aliphatic carbocycles. The normalized spacial score (nSPS) is 23.7. The molecule has 4 aromatic rings. The molecule has 0 amide bonds. The van der Waals surface area contributed by atoms with Gasteiger partial charge < -0.3 is 0 Å². The zero-order chi connectivity index (χ0) is 23.4. The Kier molecular flexibility index (Phi) is 4.53. The number of Topliss-reactive ketones (excluding diaryl/α,β-unsaturated/α-hetero) is 1. The highest BCUT2D eigenvalue weighted by molar-refractivity contribution is 6.02. The minimum atomic E-state index is -0.490. The summed E-state index contributed by atoms with van der Waals surface area (Å²) in [6.45, 7) is 4.15. The maximum atomic E-state index is 12.9.